The lowest BCUT2D eigenvalue weighted by molar-refractivity contribution is -0.158. The van der Waals surface area contributed by atoms with Crippen molar-refractivity contribution < 1.29 is 24.6 Å². The highest BCUT2D eigenvalue weighted by Gasteiger charge is 2.37. The van der Waals surface area contributed by atoms with Gasteiger partial charge in [-0.05, 0) is 62.2 Å². The number of phenols is 2. The number of nitrogens with one attached hydrogen (secondary N) is 1. The van der Waals surface area contributed by atoms with E-state index in [1.54, 1.807) is 47.9 Å². The van der Waals surface area contributed by atoms with Crippen LogP contribution >= 0.6 is 0 Å². The average molecular weight is 723 g/mol. The van der Waals surface area contributed by atoms with E-state index in [2.05, 4.69) is 31.3 Å². The van der Waals surface area contributed by atoms with Gasteiger partial charge in [-0.3, -0.25) is 14.4 Å². The third kappa shape index (κ3) is 19.9. The number of unbranched alkanes of at least 4 members (excludes halogenated alkanes) is 2. The number of amides is 3. The number of carbonyl (C=O) groups excluding carboxylic acids is 3. The zero-order valence-electron chi connectivity index (χ0n) is 34.1. The molecule has 1 unspecified atom stereocenters. The summed E-state index contributed by atoms with van der Waals surface area (Å²) < 4.78 is 0. The lowest BCUT2D eigenvalue weighted by Crippen LogP contribution is -2.63. The molecule has 1 aliphatic heterocycles. The summed E-state index contributed by atoms with van der Waals surface area (Å²) in [7, 11) is 1.95. The van der Waals surface area contributed by atoms with Crippen molar-refractivity contribution in [2.24, 2.45) is 0 Å². The van der Waals surface area contributed by atoms with Gasteiger partial charge in [0.15, 0.2) is 0 Å². The Labute approximate surface area is 316 Å². The second-order valence-electron chi connectivity index (χ2n) is 11.7. The quantitative estimate of drug-likeness (QED) is 0.171. The van der Waals surface area contributed by atoms with Crippen molar-refractivity contribution in [3.8, 4) is 11.5 Å². The van der Waals surface area contributed by atoms with Crippen molar-refractivity contribution in [1.29, 1.82) is 0 Å². The van der Waals surface area contributed by atoms with Crippen LogP contribution in [0.3, 0.4) is 0 Å². The minimum absolute atomic E-state index is 0.0384. The molecule has 0 radical (unpaired) electrons. The van der Waals surface area contributed by atoms with Gasteiger partial charge in [-0.2, -0.15) is 0 Å². The summed E-state index contributed by atoms with van der Waals surface area (Å²) in [6, 6.07) is 22.6. The van der Waals surface area contributed by atoms with Crippen molar-refractivity contribution in [2.45, 2.75) is 121 Å². The van der Waals surface area contributed by atoms with Gasteiger partial charge in [-0.1, -0.05) is 135 Å². The van der Waals surface area contributed by atoms with Crippen molar-refractivity contribution in [3.05, 3.63) is 95.1 Å². The maximum Gasteiger partial charge on any atom is 0.242 e. The Bertz CT molecular complexity index is 1310. The number of benzene rings is 3. The van der Waals surface area contributed by atoms with Gasteiger partial charge >= 0.3 is 0 Å². The van der Waals surface area contributed by atoms with Gasteiger partial charge in [0, 0.05) is 26.1 Å². The van der Waals surface area contributed by atoms with E-state index >= 15 is 0 Å². The minimum Gasteiger partial charge on any atom is -0.508 e. The molecule has 0 spiro atoms. The molecule has 3 N–H and O–H groups in total. The molecule has 0 aliphatic carbocycles. The van der Waals surface area contributed by atoms with Gasteiger partial charge < -0.3 is 30.2 Å². The summed E-state index contributed by atoms with van der Waals surface area (Å²) in [6.45, 7) is 22.0. The summed E-state index contributed by atoms with van der Waals surface area (Å²) in [6.07, 6.45) is 5.41. The van der Waals surface area contributed by atoms with Gasteiger partial charge in [0.25, 0.3) is 0 Å². The van der Waals surface area contributed by atoms with Gasteiger partial charge in [-0.15, -0.1) is 0 Å². The lowest BCUT2D eigenvalue weighted by atomic mass is 10.1. The maximum atomic E-state index is 12.6. The first-order chi connectivity index (χ1) is 25.1. The lowest BCUT2D eigenvalue weighted by Gasteiger charge is -2.44. The van der Waals surface area contributed by atoms with Crippen LogP contribution < -0.4 is 5.32 Å². The van der Waals surface area contributed by atoms with Gasteiger partial charge in [-0.25, -0.2) is 0 Å². The monoisotopic (exact) mass is 723 g/mol. The molecule has 52 heavy (non-hydrogen) atoms. The van der Waals surface area contributed by atoms with Crippen LogP contribution in [0.1, 0.15) is 110 Å². The Balaban J connectivity index is 0. The molecule has 3 amide bonds. The number of nitrogens with zero attached hydrogens (tertiary/aromatic N) is 3. The van der Waals surface area contributed by atoms with E-state index in [0.29, 0.717) is 18.8 Å². The second-order valence-corrected chi connectivity index (χ2v) is 11.7. The Morgan fingerprint density at radius 2 is 1.46 bits per heavy atom. The summed E-state index contributed by atoms with van der Waals surface area (Å²) in [5, 5.41) is 21.7. The first kappa shape index (κ1) is 49.7. The van der Waals surface area contributed by atoms with E-state index < -0.39 is 6.17 Å². The molecule has 1 aliphatic rings. The molecule has 1 fully saturated rings. The van der Waals surface area contributed by atoms with Crippen LogP contribution in [-0.4, -0.2) is 76.0 Å². The molecule has 0 aromatic heterocycles. The Kier molecular flexibility index (Phi) is 30.0. The van der Waals surface area contributed by atoms with Crippen LogP contribution in [-0.2, 0) is 27.5 Å². The van der Waals surface area contributed by atoms with E-state index in [0.717, 1.165) is 30.5 Å². The molecule has 4 rings (SSSR count). The van der Waals surface area contributed by atoms with Crippen LogP contribution in [0.25, 0.3) is 0 Å². The standard InChI is InChI=1S/C19H27N3O4.C8H11N.C7H8O.C5H12.2C2H6/c1-4-9-20(13-23)17-11-21(19(26)12-22(17)18(25)5-2)10-15-7-6-8-16(24)14(15)3;1-9-7-8-5-3-2-4-6-8;1-6-2-4-7(8)5-3-6;1-3-5-4-2;2*1-2/h6-8,13,17,24H,4-5,9-12H2,1-3H3;2-6,9H,7H2,1H3;2-5,8H,1H3;3-5H2,1-2H3;2*1-2H3. The third-order valence-corrected chi connectivity index (χ3v) is 7.77. The molecule has 0 saturated carbocycles. The summed E-state index contributed by atoms with van der Waals surface area (Å²) in [5.74, 6) is 0.218. The molecule has 3 aromatic rings. The van der Waals surface area contributed by atoms with E-state index in [4.69, 9.17) is 5.11 Å². The van der Waals surface area contributed by atoms with Crippen LogP contribution in [0.2, 0.25) is 0 Å². The van der Waals surface area contributed by atoms with Crippen LogP contribution in [0.15, 0.2) is 72.8 Å². The van der Waals surface area contributed by atoms with Crippen molar-refractivity contribution >= 4 is 18.2 Å². The second kappa shape index (κ2) is 31.4. The number of hydrogen-bond acceptors (Lipinski definition) is 6. The van der Waals surface area contributed by atoms with Gasteiger partial charge in [0.05, 0.1) is 6.54 Å². The molecular weight excluding hydrogens is 652 g/mol. The molecule has 0 bridgehead atoms. The molecule has 1 heterocycles. The summed E-state index contributed by atoms with van der Waals surface area (Å²) >= 11 is 0. The van der Waals surface area contributed by atoms with Gasteiger partial charge in [0.2, 0.25) is 18.2 Å². The maximum absolute atomic E-state index is 12.6. The average Bonchev–Trinajstić information content (AvgIpc) is 3.17. The SMILES string of the molecule is CC.CC.CCCCC.CCCN(C=O)C1CN(Cc2cccc(O)c2C)C(=O)CN1C(=O)CC.CNCc1ccccc1.Cc1ccc(O)cc1. The highest BCUT2D eigenvalue weighted by Crippen LogP contribution is 2.23. The predicted molar refractivity (Wildman–Crippen MR) is 217 cm³/mol. The molecular formula is C43H70N4O5. The number of hydrogen-bond donors (Lipinski definition) is 3. The number of aromatic hydroxyl groups is 2. The normalized spacial score (nSPS) is 12.8. The largest absolute Gasteiger partial charge is 0.508 e. The first-order valence-electron chi connectivity index (χ1n) is 19.1. The van der Waals surface area contributed by atoms with Crippen molar-refractivity contribution in [1.82, 2.24) is 20.0 Å². The van der Waals surface area contributed by atoms with E-state index in [1.807, 2.05) is 85.0 Å². The summed E-state index contributed by atoms with van der Waals surface area (Å²) in [5.41, 5.74) is 4.08. The number of rotatable bonds is 11. The highest BCUT2D eigenvalue weighted by molar-refractivity contribution is 5.86. The molecule has 292 valence electrons. The molecule has 3 aromatic carbocycles. The van der Waals surface area contributed by atoms with E-state index in [-0.39, 0.29) is 37.1 Å². The minimum atomic E-state index is -0.463. The fraction of sp³-hybridized carbons (Fsp3) is 0.512. The fourth-order valence-electron chi connectivity index (χ4n) is 4.92. The van der Waals surface area contributed by atoms with Crippen LogP contribution in [0, 0.1) is 13.8 Å². The Morgan fingerprint density at radius 1 is 0.865 bits per heavy atom. The van der Waals surface area contributed by atoms with E-state index in [1.165, 1.54) is 35.3 Å². The fourth-order valence-corrected chi connectivity index (χ4v) is 4.92. The molecule has 9 heteroatoms. The first-order valence-corrected chi connectivity index (χ1v) is 19.1. The topological polar surface area (TPSA) is 113 Å². The van der Waals surface area contributed by atoms with Crippen LogP contribution in [0.5, 0.6) is 11.5 Å². The zero-order valence-corrected chi connectivity index (χ0v) is 34.1. The highest BCUT2D eigenvalue weighted by atomic mass is 16.3. The Hall–Kier alpha value is -4.37. The van der Waals surface area contributed by atoms with E-state index in [9.17, 15) is 19.5 Å². The molecule has 9 nitrogen and oxygen atoms in total. The van der Waals surface area contributed by atoms with Crippen molar-refractivity contribution in [2.75, 3.05) is 26.7 Å². The number of carbonyl (C=O) groups is 3. The molecule has 1 atom stereocenters. The summed E-state index contributed by atoms with van der Waals surface area (Å²) in [4.78, 5) is 41.2. The van der Waals surface area contributed by atoms with Crippen LogP contribution in [0.4, 0.5) is 0 Å². The zero-order chi connectivity index (χ0) is 39.9. The Morgan fingerprint density at radius 3 is 1.92 bits per heavy atom. The number of aryl methyl sites for hydroxylation is 1. The number of piperazine rings is 1. The number of phenolic OH excluding ortho intramolecular Hbond substituents is 2. The third-order valence-electron chi connectivity index (χ3n) is 7.77. The smallest absolute Gasteiger partial charge is 0.242 e. The predicted octanol–water partition coefficient (Wildman–Crippen LogP) is 8.83. The van der Waals surface area contributed by atoms with Crippen molar-refractivity contribution in [3.63, 3.8) is 0 Å². The molecule has 1 saturated heterocycles. The van der Waals surface area contributed by atoms with Gasteiger partial charge in [0.1, 0.15) is 24.2 Å².